The first-order valence-corrected chi connectivity index (χ1v) is 11.9. The van der Waals surface area contributed by atoms with Gasteiger partial charge in [0.2, 0.25) is 0 Å². The summed E-state index contributed by atoms with van der Waals surface area (Å²) in [6.45, 7) is 5.72. The Morgan fingerprint density at radius 1 is 1.03 bits per heavy atom. The molecule has 0 N–H and O–H groups in total. The fourth-order valence-corrected chi connectivity index (χ4v) is 5.69. The summed E-state index contributed by atoms with van der Waals surface area (Å²) in [5.41, 5.74) is 0.770. The number of piperidine rings is 1. The highest BCUT2D eigenvalue weighted by atomic mass is 32.2. The lowest BCUT2D eigenvalue weighted by Gasteiger charge is -2.37. The SMILES string of the molecule is CC1(C)CCCN(C(=O)c2cccc(CS(=O)(=O)c3cccc4ccccc34)n2)C1. The summed E-state index contributed by atoms with van der Waals surface area (Å²) in [7, 11) is -3.61. The number of nitrogens with zero attached hydrogens (tertiary/aromatic N) is 2. The van der Waals surface area contributed by atoms with Crippen LogP contribution in [0.15, 0.2) is 65.6 Å². The summed E-state index contributed by atoms with van der Waals surface area (Å²) in [5.74, 6) is -0.375. The van der Waals surface area contributed by atoms with E-state index in [0.29, 0.717) is 29.9 Å². The quantitative estimate of drug-likeness (QED) is 0.622. The van der Waals surface area contributed by atoms with Gasteiger partial charge in [0.1, 0.15) is 5.69 Å². The van der Waals surface area contributed by atoms with Gasteiger partial charge in [0, 0.05) is 18.5 Å². The van der Waals surface area contributed by atoms with Gasteiger partial charge in [0.25, 0.3) is 5.91 Å². The van der Waals surface area contributed by atoms with Crippen LogP contribution in [0.1, 0.15) is 42.9 Å². The minimum Gasteiger partial charge on any atom is -0.337 e. The first kappa shape index (κ1) is 20.5. The predicted octanol–water partition coefficient (Wildman–Crippen LogP) is 4.47. The molecule has 3 aromatic rings. The van der Waals surface area contributed by atoms with E-state index in [2.05, 4.69) is 18.8 Å². The molecular formula is C24H26N2O3S. The number of pyridine rings is 1. The van der Waals surface area contributed by atoms with E-state index in [9.17, 15) is 13.2 Å². The normalized spacial score (nSPS) is 16.5. The van der Waals surface area contributed by atoms with Gasteiger partial charge in [-0.3, -0.25) is 4.79 Å². The van der Waals surface area contributed by atoms with Crippen molar-refractivity contribution in [3.63, 3.8) is 0 Å². The van der Waals surface area contributed by atoms with Gasteiger partial charge in [-0.25, -0.2) is 13.4 Å². The van der Waals surface area contributed by atoms with Crippen molar-refractivity contribution < 1.29 is 13.2 Å². The van der Waals surface area contributed by atoms with E-state index in [0.717, 1.165) is 18.2 Å². The Kier molecular flexibility index (Phi) is 5.36. The summed E-state index contributed by atoms with van der Waals surface area (Å²) in [4.78, 5) is 19.5. The van der Waals surface area contributed by atoms with Crippen LogP contribution in [0.25, 0.3) is 10.8 Å². The van der Waals surface area contributed by atoms with E-state index in [-0.39, 0.29) is 22.0 Å². The lowest BCUT2D eigenvalue weighted by Crippen LogP contribution is -2.43. The van der Waals surface area contributed by atoms with E-state index in [1.54, 1.807) is 30.3 Å². The summed E-state index contributed by atoms with van der Waals surface area (Å²) in [5, 5.41) is 1.57. The first-order chi connectivity index (χ1) is 14.3. The minimum absolute atomic E-state index is 0.0865. The van der Waals surface area contributed by atoms with Crippen molar-refractivity contribution in [1.82, 2.24) is 9.88 Å². The molecule has 1 saturated heterocycles. The molecule has 0 unspecified atom stereocenters. The van der Waals surface area contributed by atoms with Crippen molar-refractivity contribution in [2.75, 3.05) is 13.1 Å². The van der Waals surface area contributed by atoms with E-state index >= 15 is 0 Å². The van der Waals surface area contributed by atoms with Gasteiger partial charge in [0.05, 0.1) is 16.3 Å². The molecule has 30 heavy (non-hydrogen) atoms. The van der Waals surface area contributed by atoms with Gasteiger partial charge in [-0.1, -0.05) is 56.3 Å². The molecule has 156 valence electrons. The molecule has 0 atom stereocenters. The van der Waals surface area contributed by atoms with Gasteiger partial charge in [0.15, 0.2) is 9.84 Å². The standard InChI is InChI=1S/C24H26N2O3S/c1-24(2)14-7-15-26(17-24)23(27)21-12-6-10-19(25-21)16-30(28,29)22-13-5-9-18-8-3-4-11-20(18)22/h3-6,8-13H,7,14-17H2,1-2H3. The maximum Gasteiger partial charge on any atom is 0.272 e. The molecule has 0 radical (unpaired) electrons. The lowest BCUT2D eigenvalue weighted by atomic mass is 9.84. The van der Waals surface area contributed by atoms with Crippen LogP contribution in [0.5, 0.6) is 0 Å². The summed E-state index contributed by atoms with van der Waals surface area (Å²) >= 11 is 0. The zero-order valence-corrected chi connectivity index (χ0v) is 18.2. The van der Waals surface area contributed by atoms with Gasteiger partial charge in [-0.2, -0.15) is 0 Å². The molecule has 0 aliphatic carbocycles. The van der Waals surface area contributed by atoms with E-state index < -0.39 is 9.84 Å². The van der Waals surface area contributed by atoms with Gasteiger partial charge in [-0.05, 0) is 41.8 Å². The number of rotatable bonds is 4. The zero-order valence-electron chi connectivity index (χ0n) is 17.3. The first-order valence-electron chi connectivity index (χ1n) is 10.2. The van der Waals surface area contributed by atoms with Crippen molar-refractivity contribution in [3.05, 3.63) is 72.1 Å². The second-order valence-electron chi connectivity index (χ2n) is 8.75. The summed E-state index contributed by atoms with van der Waals surface area (Å²) in [6.07, 6.45) is 2.06. The molecule has 1 amide bonds. The molecule has 6 heteroatoms. The Bertz CT molecular complexity index is 1200. The summed E-state index contributed by atoms with van der Waals surface area (Å²) in [6, 6.07) is 17.7. The Morgan fingerprint density at radius 3 is 2.57 bits per heavy atom. The van der Waals surface area contributed by atoms with Crippen LogP contribution in [0.2, 0.25) is 0 Å². The summed E-state index contributed by atoms with van der Waals surface area (Å²) < 4.78 is 26.3. The average Bonchev–Trinajstić information content (AvgIpc) is 2.72. The number of fused-ring (bicyclic) bond motifs is 1. The zero-order chi connectivity index (χ0) is 21.4. The highest BCUT2D eigenvalue weighted by Gasteiger charge is 2.30. The number of carbonyl (C=O) groups excluding carboxylic acids is 1. The van der Waals surface area contributed by atoms with Crippen LogP contribution < -0.4 is 0 Å². The average molecular weight is 423 g/mol. The van der Waals surface area contributed by atoms with Crippen LogP contribution in [0, 0.1) is 5.41 Å². The van der Waals surface area contributed by atoms with E-state index in [1.165, 1.54) is 0 Å². The van der Waals surface area contributed by atoms with E-state index in [4.69, 9.17) is 0 Å². The van der Waals surface area contributed by atoms with Crippen molar-refractivity contribution in [3.8, 4) is 0 Å². The monoisotopic (exact) mass is 422 g/mol. The van der Waals surface area contributed by atoms with Crippen molar-refractivity contribution in [1.29, 1.82) is 0 Å². The third-order valence-electron chi connectivity index (χ3n) is 5.64. The molecule has 2 heterocycles. The second kappa shape index (κ2) is 7.84. The molecule has 0 bridgehead atoms. The van der Waals surface area contributed by atoms with Crippen molar-refractivity contribution >= 4 is 26.5 Å². The predicted molar refractivity (Wildman–Crippen MR) is 118 cm³/mol. The Morgan fingerprint density at radius 2 is 1.77 bits per heavy atom. The molecule has 4 rings (SSSR count). The maximum atomic E-state index is 13.1. The van der Waals surface area contributed by atoms with Crippen molar-refractivity contribution in [2.24, 2.45) is 5.41 Å². The van der Waals surface area contributed by atoms with Gasteiger partial charge < -0.3 is 4.90 Å². The molecule has 5 nitrogen and oxygen atoms in total. The fraction of sp³-hybridized carbons (Fsp3) is 0.333. The van der Waals surface area contributed by atoms with Gasteiger partial charge >= 0.3 is 0 Å². The van der Waals surface area contributed by atoms with Crippen LogP contribution >= 0.6 is 0 Å². The van der Waals surface area contributed by atoms with E-state index in [1.807, 2.05) is 35.2 Å². The molecular weight excluding hydrogens is 396 g/mol. The van der Waals surface area contributed by atoms with Crippen molar-refractivity contribution in [2.45, 2.75) is 37.3 Å². The number of carbonyl (C=O) groups is 1. The molecule has 2 aromatic carbocycles. The highest BCUT2D eigenvalue weighted by molar-refractivity contribution is 7.90. The minimum atomic E-state index is -3.61. The molecule has 0 saturated carbocycles. The molecule has 1 fully saturated rings. The number of benzene rings is 2. The number of aromatic nitrogens is 1. The number of hydrogen-bond donors (Lipinski definition) is 0. The number of hydrogen-bond acceptors (Lipinski definition) is 4. The number of amides is 1. The number of sulfone groups is 1. The van der Waals surface area contributed by atoms with Crippen LogP contribution in [0.3, 0.4) is 0 Å². The van der Waals surface area contributed by atoms with Crippen LogP contribution in [0.4, 0.5) is 0 Å². The smallest absolute Gasteiger partial charge is 0.272 e. The highest BCUT2D eigenvalue weighted by Crippen LogP contribution is 2.29. The Hall–Kier alpha value is -2.73. The Labute approximate surface area is 177 Å². The fourth-order valence-electron chi connectivity index (χ4n) is 4.18. The van der Waals surface area contributed by atoms with Crippen LogP contribution in [-0.2, 0) is 15.6 Å². The largest absolute Gasteiger partial charge is 0.337 e. The second-order valence-corrected chi connectivity index (χ2v) is 10.7. The Balaban J connectivity index is 1.60. The topological polar surface area (TPSA) is 67.3 Å². The van der Waals surface area contributed by atoms with Crippen LogP contribution in [-0.4, -0.2) is 37.3 Å². The molecule has 0 spiro atoms. The third-order valence-corrected chi connectivity index (χ3v) is 7.34. The molecule has 1 aliphatic rings. The lowest BCUT2D eigenvalue weighted by molar-refractivity contribution is 0.0577. The third kappa shape index (κ3) is 4.24. The molecule has 1 aromatic heterocycles. The number of likely N-dealkylation sites (tertiary alicyclic amines) is 1. The maximum absolute atomic E-state index is 13.1. The molecule has 1 aliphatic heterocycles. The van der Waals surface area contributed by atoms with Gasteiger partial charge in [-0.15, -0.1) is 0 Å².